The van der Waals surface area contributed by atoms with Crippen molar-refractivity contribution in [1.29, 1.82) is 0 Å². The summed E-state index contributed by atoms with van der Waals surface area (Å²) >= 11 is 0. The Bertz CT molecular complexity index is 725. The van der Waals surface area contributed by atoms with Crippen LogP contribution >= 0.6 is 0 Å². The maximum atomic E-state index is 2.43. The number of aryl methyl sites for hydroxylation is 4. The average Bonchev–Trinajstić information content (AvgIpc) is 2.82. The van der Waals surface area contributed by atoms with Crippen molar-refractivity contribution in [2.24, 2.45) is 0 Å². The first kappa shape index (κ1) is 14.1. The molecule has 0 fully saturated rings. The summed E-state index contributed by atoms with van der Waals surface area (Å²) in [7, 11) is 0. The summed E-state index contributed by atoms with van der Waals surface area (Å²) in [6.07, 6.45) is 4.72. The van der Waals surface area contributed by atoms with Crippen LogP contribution in [-0.2, 0) is 6.42 Å². The molecular formula is C21H24. The zero-order chi connectivity index (χ0) is 15.1. The normalized spacial score (nSPS) is 13.3. The predicted molar refractivity (Wildman–Crippen MR) is 92.8 cm³/mol. The molecule has 0 unspecified atom stereocenters. The van der Waals surface area contributed by atoms with Crippen molar-refractivity contribution in [3.8, 4) is 11.1 Å². The summed E-state index contributed by atoms with van der Waals surface area (Å²) in [5.74, 6) is 0. The van der Waals surface area contributed by atoms with E-state index in [0.717, 1.165) is 12.8 Å². The summed E-state index contributed by atoms with van der Waals surface area (Å²) in [5, 5.41) is 0. The molecule has 0 radical (unpaired) electrons. The second-order valence-electron chi connectivity index (χ2n) is 6.49. The Kier molecular flexibility index (Phi) is 3.49. The minimum absolute atomic E-state index is 1.13. The van der Waals surface area contributed by atoms with E-state index in [1.165, 1.54) is 44.5 Å². The van der Waals surface area contributed by atoms with Crippen molar-refractivity contribution in [3.63, 3.8) is 0 Å². The van der Waals surface area contributed by atoms with Gasteiger partial charge in [-0.05, 0) is 73.9 Å². The van der Waals surface area contributed by atoms with Gasteiger partial charge in [0.15, 0.2) is 0 Å². The summed E-state index contributed by atoms with van der Waals surface area (Å²) in [6.45, 7) is 11.1. The zero-order valence-corrected chi connectivity index (χ0v) is 13.8. The Morgan fingerprint density at radius 2 is 1.52 bits per heavy atom. The van der Waals surface area contributed by atoms with Crippen LogP contribution in [0.25, 0.3) is 17.2 Å². The van der Waals surface area contributed by atoms with E-state index in [1.807, 2.05) is 0 Å². The maximum Gasteiger partial charge on any atom is -0.00551 e. The minimum Gasteiger partial charge on any atom is -0.0654 e. The third-order valence-electron chi connectivity index (χ3n) is 4.61. The highest BCUT2D eigenvalue weighted by Gasteiger charge is 2.20. The van der Waals surface area contributed by atoms with Crippen LogP contribution in [0, 0.1) is 27.7 Å². The van der Waals surface area contributed by atoms with Gasteiger partial charge in [0.05, 0.1) is 0 Å². The molecule has 108 valence electrons. The molecule has 2 aromatic rings. The minimum atomic E-state index is 1.13. The molecule has 2 aromatic carbocycles. The van der Waals surface area contributed by atoms with Gasteiger partial charge in [-0.15, -0.1) is 0 Å². The molecule has 1 aliphatic rings. The van der Waals surface area contributed by atoms with E-state index in [1.54, 1.807) is 5.57 Å². The molecule has 0 aliphatic heterocycles. The highest BCUT2D eigenvalue weighted by molar-refractivity contribution is 5.84. The van der Waals surface area contributed by atoms with E-state index in [9.17, 15) is 0 Å². The van der Waals surface area contributed by atoms with E-state index < -0.39 is 0 Å². The molecular weight excluding hydrogens is 252 g/mol. The first-order valence-corrected chi connectivity index (χ1v) is 7.90. The Morgan fingerprint density at radius 3 is 2.14 bits per heavy atom. The monoisotopic (exact) mass is 276 g/mol. The summed E-state index contributed by atoms with van der Waals surface area (Å²) in [5.41, 5.74) is 12.9. The van der Waals surface area contributed by atoms with Crippen molar-refractivity contribution in [3.05, 3.63) is 63.2 Å². The van der Waals surface area contributed by atoms with Crippen molar-refractivity contribution < 1.29 is 0 Å². The fraction of sp³-hybridized carbons (Fsp3) is 0.333. The number of hydrogen-bond donors (Lipinski definition) is 0. The fourth-order valence-electron chi connectivity index (χ4n) is 3.67. The lowest BCUT2D eigenvalue weighted by molar-refractivity contribution is 1.03. The highest BCUT2D eigenvalue weighted by atomic mass is 14.2. The molecule has 0 nitrogen and oxygen atoms in total. The first-order valence-electron chi connectivity index (χ1n) is 7.90. The summed E-state index contributed by atoms with van der Waals surface area (Å²) in [4.78, 5) is 0. The van der Waals surface area contributed by atoms with Gasteiger partial charge in [0, 0.05) is 0 Å². The van der Waals surface area contributed by atoms with Crippen LogP contribution in [0.1, 0.15) is 46.7 Å². The van der Waals surface area contributed by atoms with E-state index in [4.69, 9.17) is 0 Å². The number of hydrogen-bond acceptors (Lipinski definition) is 0. The Labute approximate surface area is 128 Å². The topological polar surface area (TPSA) is 0 Å². The lowest BCUT2D eigenvalue weighted by atomic mass is 9.89. The van der Waals surface area contributed by atoms with E-state index in [2.05, 4.69) is 65.0 Å². The maximum absolute atomic E-state index is 2.43. The average molecular weight is 276 g/mol. The van der Waals surface area contributed by atoms with Gasteiger partial charge in [-0.1, -0.05) is 54.0 Å². The van der Waals surface area contributed by atoms with Gasteiger partial charge in [0.1, 0.15) is 0 Å². The zero-order valence-electron chi connectivity index (χ0n) is 13.8. The van der Waals surface area contributed by atoms with Crippen LogP contribution in [0.3, 0.4) is 0 Å². The van der Waals surface area contributed by atoms with E-state index >= 15 is 0 Å². The second kappa shape index (κ2) is 5.18. The van der Waals surface area contributed by atoms with E-state index in [0.29, 0.717) is 0 Å². The lowest BCUT2D eigenvalue weighted by Crippen LogP contribution is -1.96. The van der Waals surface area contributed by atoms with Gasteiger partial charge in [-0.25, -0.2) is 0 Å². The quantitative estimate of drug-likeness (QED) is 0.637. The molecule has 21 heavy (non-hydrogen) atoms. The van der Waals surface area contributed by atoms with Gasteiger partial charge in [-0.3, -0.25) is 0 Å². The lowest BCUT2D eigenvalue weighted by Gasteiger charge is -2.16. The van der Waals surface area contributed by atoms with Crippen LogP contribution in [0.2, 0.25) is 0 Å². The first-order chi connectivity index (χ1) is 9.99. The van der Waals surface area contributed by atoms with Crippen molar-refractivity contribution >= 4 is 6.08 Å². The molecule has 0 amide bonds. The Hall–Kier alpha value is -1.82. The van der Waals surface area contributed by atoms with Crippen LogP contribution in [0.5, 0.6) is 0 Å². The van der Waals surface area contributed by atoms with Gasteiger partial charge < -0.3 is 0 Å². The molecule has 3 rings (SSSR count). The third kappa shape index (κ3) is 2.44. The third-order valence-corrected chi connectivity index (χ3v) is 4.61. The van der Waals surface area contributed by atoms with Gasteiger partial charge in [0.25, 0.3) is 0 Å². The number of rotatable bonds is 2. The van der Waals surface area contributed by atoms with Crippen LogP contribution < -0.4 is 0 Å². The molecule has 0 spiro atoms. The van der Waals surface area contributed by atoms with Crippen LogP contribution in [-0.4, -0.2) is 0 Å². The molecule has 0 saturated heterocycles. The number of fused-ring (bicyclic) bond motifs is 1. The number of benzene rings is 2. The highest BCUT2D eigenvalue weighted by Crippen LogP contribution is 2.39. The van der Waals surface area contributed by atoms with Gasteiger partial charge in [0.2, 0.25) is 0 Å². The van der Waals surface area contributed by atoms with Crippen molar-refractivity contribution in [1.82, 2.24) is 0 Å². The van der Waals surface area contributed by atoms with Crippen molar-refractivity contribution in [2.75, 3.05) is 0 Å². The van der Waals surface area contributed by atoms with Crippen LogP contribution in [0.4, 0.5) is 0 Å². The van der Waals surface area contributed by atoms with Crippen LogP contribution in [0.15, 0.2) is 29.8 Å². The predicted octanol–water partition coefficient (Wildman–Crippen LogP) is 5.94. The van der Waals surface area contributed by atoms with Gasteiger partial charge >= 0.3 is 0 Å². The molecule has 0 saturated carbocycles. The summed E-state index contributed by atoms with van der Waals surface area (Å²) in [6, 6.07) is 9.25. The Morgan fingerprint density at radius 1 is 0.857 bits per heavy atom. The van der Waals surface area contributed by atoms with Crippen molar-refractivity contribution in [2.45, 2.75) is 47.5 Å². The molecule has 0 aromatic heterocycles. The molecule has 0 bridgehead atoms. The Balaban J connectivity index is 2.28. The smallest absolute Gasteiger partial charge is 0.00551 e. The fourth-order valence-corrected chi connectivity index (χ4v) is 3.67. The molecule has 0 heterocycles. The SMILES string of the molecule is CCC1=Cc2c(c(C)cc(C)c2-c2cc(C)cc(C)c2)C1. The molecule has 0 atom stereocenters. The van der Waals surface area contributed by atoms with Gasteiger partial charge in [-0.2, -0.15) is 0 Å². The van der Waals surface area contributed by atoms with E-state index in [-0.39, 0.29) is 0 Å². The largest absolute Gasteiger partial charge is 0.0654 e. The molecule has 1 aliphatic carbocycles. The molecule has 0 heteroatoms. The second-order valence-corrected chi connectivity index (χ2v) is 6.49. The number of allylic oxidation sites excluding steroid dienone is 1. The standard InChI is InChI=1S/C21H24/c1-6-17-11-19-15(4)10-16(5)21(20(19)12-17)18-8-13(2)7-14(3)9-18/h7-10,12H,6,11H2,1-5H3. The molecule has 0 N–H and O–H groups in total. The summed E-state index contributed by atoms with van der Waals surface area (Å²) < 4.78 is 0.